The van der Waals surface area contributed by atoms with Gasteiger partial charge in [-0.2, -0.15) is 0 Å². The molecule has 0 aliphatic rings. The molecule has 13 aromatic rings. The lowest BCUT2D eigenvalue weighted by Crippen LogP contribution is -2.74. The summed E-state index contributed by atoms with van der Waals surface area (Å²) in [6, 6.07) is 103. The maximum absolute atomic E-state index is 2.82. The lowest BCUT2D eigenvalue weighted by atomic mass is 9.99. The van der Waals surface area contributed by atoms with Gasteiger partial charge >= 0.3 is 0 Å². The Morgan fingerprint density at radius 1 is 0.246 bits per heavy atom. The summed E-state index contributed by atoms with van der Waals surface area (Å²) < 4.78 is 4.94. The van der Waals surface area contributed by atoms with Gasteiger partial charge in [0.2, 0.25) is 0 Å². The van der Waals surface area contributed by atoms with E-state index in [1.807, 2.05) is 0 Å². The monoisotopic (exact) mass is 894 g/mol. The topological polar surface area (TPSA) is 9.86 Å². The fourth-order valence-electron chi connectivity index (χ4n) is 11.3. The Morgan fingerprint density at radius 3 is 1.42 bits per heavy atom. The molecule has 2 nitrogen and oxygen atoms in total. The number of aromatic nitrogens is 2. The summed E-state index contributed by atoms with van der Waals surface area (Å²) in [5, 5.41) is 10.4. The van der Waals surface area contributed by atoms with Gasteiger partial charge in [0.25, 0.3) is 0 Å². The van der Waals surface area contributed by atoms with Crippen molar-refractivity contribution in [1.82, 2.24) is 9.13 Å². The van der Waals surface area contributed by atoms with E-state index in [1.165, 1.54) is 103 Å². The third-order valence-corrected chi connectivity index (χ3v) is 19.1. The van der Waals surface area contributed by atoms with Gasteiger partial charge in [0.15, 0.2) is 8.07 Å². The van der Waals surface area contributed by atoms with Crippen LogP contribution in [0.15, 0.2) is 279 Å². The molecule has 0 atom stereocenters. The SMILES string of the molecule is c1ccc(-c2cccc([Si](c3ccccc3)(c3ccccc3)c3ccc(-n4c5ccccc5c5cc(-c6cccc7c8ccccc8n(-c8ccccc8-c8ccccc8)c67)ccc54)cc3)c2)cc1. The Labute approximate surface area is 403 Å². The van der Waals surface area contributed by atoms with E-state index < -0.39 is 8.07 Å². The summed E-state index contributed by atoms with van der Waals surface area (Å²) >= 11 is 0. The van der Waals surface area contributed by atoms with E-state index >= 15 is 0 Å². The van der Waals surface area contributed by atoms with Crippen molar-refractivity contribution in [2.75, 3.05) is 0 Å². The van der Waals surface area contributed by atoms with Crippen LogP contribution in [0.3, 0.4) is 0 Å². The van der Waals surface area contributed by atoms with Gasteiger partial charge in [-0.3, -0.25) is 0 Å². The van der Waals surface area contributed by atoms with Crippen molar-refractivity contribution in [3.05, 3.63) is 279 Å². The van der Waals surface area contributed by atoms with Crippen molar-refractivity contribution in [2.45, 2.75) is 0 Å². The minimum absolute atomic E-state index is 1.14. The molecule has 0 amide bonds. The second-order valence-electron chi connectivity index (χ2n) is 18.0. The number of para-hydroxylation sites is 4. The molecule has 69 heavy (non-hydrogen) atoms. The molecule has 0 fully saturated rings. The Bertz CT molecular complexity index is 3940. The molecule has 0 aliphatic heterocycles. The normalized spacial score (nSPS) is 11.8. The highest BCUT2D eigenvalue weighted by Crippen LogP contribution is 2.42. The molecule has 0 bridgehead atoms. The third-order valence-electron chi connectivity index (χ3n) is 14.3. The molecule has 0 saturated heterocycles. The molecule has 0 saturated carbocycles. The maximum atomic E-state index is 2.49. The molecule has 0 spiro atoms. The van der Waals surface area contributed by atoms with Gasteiger partial charge in [0, 0.05) is 38.4 Å². The molecular formula is C66H46N2Si. The van der Waals surface area contributed by atoms with E-state index in [2.05, 4.69) is 288 Å². The van der Waals surface area contributed by atoms with Gasteiger partial charge in [-0.15, -0.1) is 0 Å². The highest BCUT2D eigenvalue weighted by Gasteiger charge is 2.41. The van der Waals surface area contributed by atoms with Crippen molar-refractivity contribution >= 4 is 72.4 Å². The zero-order valence-electron chi connectivity index (χ0n) is 38.0. The average molecular weight is 895 g/mol. The molecule has 0 radical (unpaired) electrons. The van der Waals surface area contributed by atoms with Gasteiger partial charge in [-0.05, 0) is 85.5 Å². The minimum Gasteiger partial charge on any atom is -0.309 e. The van der Waals surface area contributed by atoms with Gasteiger partial charge in [-0.25, -0.2) is 0 Å². The molecular weight excluding hydrogens is 849 g/mol. The highest BCUT2D eigenvalue weighted by atomic mass is 28.3. The number of benzene rings is 11. The van der Waals surface area contributed by atoms with Crippen LogP contribution in [-0.4, -0.2) is 17.2 Å². The fraction of sp³-hybridized carbons (Fsp3) is 0. The van der Waals surface area contributed by atoms with Crippen LogP contribution in [0.4, 0.5) is 0 Å². The van der Waals surface area contributed by atoms with E-state index in [0.29, 0.717) is 0 Å². The lowest BCUT2D eigenvalue weighted by Gasteiger charge is -2.35. The van der Waals surface area contributed by atoms with Crippen molar-refractivity contribution < 1.29 is 0 Å². The summed E-state index contributed by atoms with van der Waals surface area (Å²) in [4.78, 5) is 0. The summed E-state index contributed by atoms with van der Waals surface area (Å²) in [6.45, 7) is 0. The first kappa shape index (κ1) is 40.5. The van der Waals surface area contributed by atoms with Crippen molar-refractivity contribution in [2.24, 2.45) is 0 Å². The van der Waals surface area contributed by atoms with Crippen molar-refractivity contribution in [3.63, 3.8) is 0 Å². The van der Waals surface area contributed by atoms with E-state index in [4.69, 9.17) is 0 Å². The first-order valence-corrected chi connectivity index (χ1v) is 25.8. The van der Waals surface area contributed by atoms with Crippen LogP contribution < -0.4 is 20.7 Å². The molecule has 0 unspecified atom stereocenters. The Hall–Kier alpha value is -8.76. The summed E-state index contributed by atoms with van der Waals surface area (Å²) in [7, 11) is -2.82. The Balaban J connectivity index is 0.989. The van der Waals surface area contributed by atoms with E-state index in [-0.39, 0.29) is 0 Å². The van der Waals surface area contributed by atoms with Crippen LogP contribution >= 0.6 is 0 Å². The van der Waals surface area contributed by atoms with E-state index in [9.17, 15) is 0 Å². The fourth-order valence-corrected chi connectivity index (χ4v) is 16.0. The molecule has 13 rings (SSSR count). The first-order valence-electron chi connectivity index (χ1n) is 23.8. The van der Waals surface area contributed by atoms with Crippen LogP contribution in [0.1, 0.15) is 0 Å². The molecule has 2 heterocycles. The van der Waals surface area contributed by atoms with Crippen molar-refractivity contribution in [3.8, 4) is 44.8 Å². The largest absolute Gasteiger partial charge is 0.309 e. The number of fused-ring (bicyclic) bond motifs is 6. The second-order valence-corrected chi connectivity index (χ2v) is 21.8. The molecule has 324 valence electrons. The number of rotatable bonds is 9. The van der Waals surface area contributed by atoms with Gasteiger partial charge < -0.3 is 9.13 Å². The number of hydrogen-bond acceptors (Lipinski definition) is 0. The smallest absolute Gasteiger partial charge is 0.179 e. The summed E-state index contributed by atoms with van der Waals surface area (Å²) in [5.74, 6) is 0. The molecule has 0 aliphatic carbocycles. The van der Waals surface area contributed by atoms with Gasteiger partial charge in [-0.1, -0.05) is 237 Å². The third kappa shape index (κ3) is 6.62. The predicted molar refractivity (Wildman–Crippen MR) is 295 cm³/mol. The molecule has 2 aromatic heterocycles. The lowest BCUT2D eigenvalue weighted by molar-refractivity contribution is 1.18. The van der Waals surface area contributed by atoms with Crippen LogP contribution in [-0.2, 0) is 0 Å². The zero-order chi connectivity index (χ0) is 45.7. The van der Waals surface area contributed by atoms with Crippen LogP contribution in [0.2, 0.25) is 0 Å². The summed E-state index contributed by atoms with van der Waals surface area (Å²) in [6.07, 6.45) is 0. The highest BCUT2D eigenvalue weighted by molar-refractivity contribution is 7.19. The average Bonchev–Trinajstić information content (AvgIpc) is 3.95. The molecule has 3 heteroatoms. The number of hydrogen-bond donors (Lipinski definition) is 0. The quantitative estimate of drug-likeness (QED) is 0.101. The first-order chi connectivity index (χ1) is 34.3. The minimum atomic E-state index is -2.82. The van der Waals surface area contributed by atoms with E-state index in [1.54, 1.807) is 0 Å². The van der Waals surface area contributed by atoms with Gasteiger partial charge in [0.05, 0.1) is 27.8 Å². The van der Waals surface area contributed by atoms with Gasteiger partial charge in [0.1, 0.15) is 0 Å². The number of nitrogens with zero attached hydrogens (tertiary/aromatic N) is 2. The summed E-state index contributed by atoms with van der Waals surface area (Å²) in [5.41, 5.74) is 14.3. The predicted octanol–water partition coefficient (Wildman–Crippen LogP) is 14.3. The van der Waals surface area contributed by atoms with E-state index in [0.717, 1.165) is 5.69 Å². The second kappa shape index (κ2) is 16.8. The van der Waals surface area contributed by atoms with Crippen LogP contribution in [0.25, 0.3) is 88.4 Å². The standard InChI is InChI=1S/C66H46N2Si/c1-5-21-47(22-6-1)49-25-19-30-55(45-49)69(52-26-9-3-10-27-52,53-28-11-4-12-29-53)54-42-40-51(41-43-54)67-63-37-17-15-33-59(63)61-46-50(39-44-65(61)67)57-34-20-35-60-58-32-14-18-38-64(58)68(66(57)60)62-36-16-13-31-56(62)48-23-7-2-8-24-48/h1-46H. The zero-order valence-corrected chi connectivity index (χ0v) is 39.0. The molecule has 11 aromatic carbocycles. The Kier molecular flexibility index (Phi) is 9.88. The maximum Gasteiger partial charge on any atom is 0.179 e. The molecule has 0 N–H and O–H groups in total. The van der Waals surface area contributed by atoms with Crippen molar-refractivity contribution in [1.29, 1.82) is 0 Å². The van der Waals surface area contributed by atoms with Crippen LogP contribution in [0.5, 0.6) is 0 Å². The Morgan fingerprint density at radius 2 is 0.725 bits per heavy atom. The van der Waals surface area contributed by atoms with Crippen LogP contribution in [0, 0.1) is 0 Å².